The van der Waals surface area contributed by atoms with Gasteiger partial charge in [-0.2, -0.15) is 5.10 Å². The molecule has 1 aromatic rings. The Morgan fingerprint density at radius 1 is 1.37 bits per heavy atom. The van der Waals surface area contributed by atoms with Gasteiger partial charge in [0.1, 0.15) is 5.82 Å². The van der Waals surface area contributed by atoms with Crippen LogP contribution in [-0.4, -0.2) is 40.1 Å². The second-order valence-electron chi connectivity index (χ2n) is 5.78. The molecule has 0 bridgehead atoms. The zero-order chi connectivity index (χ0) is 14.0. The van der Waals surface area contributed by atoms with Gasteiger partial charge >= 0.3 is 0 Å². The van der Waals surface area contributed by atoms with E-state index in [1.165, 1.54) is 11.4 Å². The first-order chi connectivity index (χ1) is 8.94. The molecule has 5 heteroatoms. The smallest absolute Gasteiger partial charge is 0.131 e. The number of rotatable bonds is 4. The Morgan fingerprint density at radius 3 is 2.58 bits per heavy atom. The number of aliphatic hydroxyl groups is 1. The van der Waals surface area contributed by atoms with E-state index in [-0.39, 0.29) is 0 Å². The summed E-state index contributed by atoms with van der Waals surface area (Å²) in [5.41, 5.74) is 1.87. The third-order valence-corrected chi connectivity index (χ3v) is 4.01. The van der Waals surface area contributed by atoms with Crippen molar-refractivity contribution >= 4 is 5.82 Å². The first kappa shape index (κ1) is 14.3. The van der Waals surface area contributed by atoms with Crippen LogP contribution in [0.3, 0.4) is 0 Å². The predicted octanol–water partition coefficient (Wildman–Crippen LogP) is 1.19. The van der Waals surface area contributed by atoms with Gasteiger partial charge in [-0.15, -0.1) is 0 Å². The van der Waals surface area contributed by atoms with Gasteiger partial charge in [0, 0.05) is 32.2 Å². The fourth-order valence-corrected chi connectivity index (χ4v) is 2.74. The lowest BCUT2D eigenvalue weighted by Crippen LogP contribution is -2.43. The van der Waals surface area contributed by atoms with Gasteiger partial charge in [0.15, 0.2) is 0 Å². The van der Waals surface area contributed by atoms with Crippen LogP contribution in [0.25, 0.3) is 0 Å². The molecule has 2 N–H and O–H groups in total. The maximum Gasteiger partial charge on any atom is 0.131 e. The molecule has 0 aromatic carbocycles. The first-order valence-electron chi connectivity index (χ1n) is 7.15. The highest BCUT2D eigenvalue weighted by molar-refractivity contribution is 5.50. The number of nitrogens with one attached hydrogen (secondary N) is 1. The summed E-state index contributed by atoms with van der Waals surface area (Å²) in [7, 11) is 2.00. The fourth-order valence-electron chi connectivity index (χ4n) is 2.74. The molecular weight excluding hydrogens is 240 g/mol. The van der Waals surface area contributed by atoms with Gasteiger partial charge in [-0.05, 0) is 33.2 Å². The molecular formula is C14H26N4O. The SMILES string of the molecule is CCNCc1c(C)nn(C)c1N1CCC(C)(O)CC1. The Labute approximate surface area is 115 Å². The van der Waals surface area contributed by atoms with Crippen LogP contribution in [0.15, 0.2) is 0 Å². The lowest BCUT2D eigenvalue weighted by Gasteiger charge is -2.37. The van der Waals surface area contributed by atoms with Gasteiger partial charge in [0.05, 0.1) is 11.3 Å². The second-order valence-corrected chi connectivity index (χ2v) is 5.78. The van der Waals surface area contributed by atoms with Crippen LogP contribution in [-0.2, 0) is 13.6 Å². The van der Waals surface area contributed by atoms with E-state index in [2.05, 4.69) is 29.2 Å². The average molecular weight is 266 g/mol. The molecule has 0 saturated carbocycles. The van der Waals surface area contributed by atoms with Crippen molar-refractivity contribution in [2.75, 3.05) is 24.5 Å². The fraction of sp³-hybridized carbons (Fsp3) is 0.786. The van der Waals surface area contributed by atoms with Crippen LogP contribution in [0.5, 0.6) is 0 Å². The molecule has 1 fully saturated rings. The number of hydrogen-bond donors (Lipinski definition) is 2. The zero-order valence-corrected chi connectivity index (χ0v) is 12.5. The van der Waals surface area contributed by atoms with Crippen molar-refractivity contribution < 1.29 is 5.11 Å². The molecule has 0 spiro atoms. The van der Waals surface area contributed by atoms with Crippen molar-refractivity contribution in [3.63, 3.8) is 0 Å². The summed E-state index contributed by atoms with van der Waals surface area (Å²) in [4.78, 5) is 2.35. The zero-order valence-electron chi connectivity index (χ0n) is 12.5. The largest absolute Gasteiger partial charge is 0.390 e. The highest BCUT2D eigenvalue weighted by Gasteiger charge is 2.30. The molecule has 0 aliphatic carbocycles. The minimum absolute atomic E-state index is 0.508. The standard InChI is InChI=1S/C14H26N4O/c1-5-15-10-12-11(2)16-17(4)13(12)18-8-6-14(3,19)7-9-18/h15,19H,5-10H2,1-4H3. The second kappa shape index (κ2) is 5.51. The number of nitrogens with zero attached hydrogens (tertiary/aromatic N) is 3. The molecule has 1 saturated heterocycles. The van der Waals surface area contributed by atoms with Crippen molar-refractivity contribution in [3.8, 4) is 0 Å². The Hall–Kier alpha value is -1.07. The molecule has 0 radical (unpaired) electrons. The molecule has 0 unspecified atom stereocenters. The van der Waals surface area contributed by atoms with Crippen molar-refractivity contribution in [1.29, 1.82) is 0 Å². The van der Waals surface area contributed by atoms with E-state index >= 15 is 0 Å². The summed E-state index contributed by atoms with van der Waals surface area (Å²) in [5.74, 6) is 1.20. The van der Waals surface area contributed by atoms with Crippen LogP contribution in [0, 0.1) is 6.92 Å². The third-order valence-electron chi connectivity index (χ3n) is 4.01. The molecule has 2 heterocycles. The highest BCUT2D eigenvalue weighted by Crippen LogP contribution is 2.29. The maximum absolute atomic E-state index is 10.1. The minimum Gasteiger partial charge on any atom is -0.390 e. The molecule has 5 nitrogen and oxygen atoms in total. The van der Waals surface area contributed by atoms with Crippen molar-refractivity contribution in [1.82, 2.24) is 15.1 Å². The van der Waals surface area contributed by atoms with E-state index in [9.17, 15) is 5.11 Å². The van der Waals surface area contributed by atoms with E-state index in [1.54, 1.807) is 0 Å². The molecule has 19 heavy (non-hydrogen) atoms. The van der Waals surface area contributed by atoms with Crippen molar-refractivity contribution in [3.05, 3.63) is 11.3 Å². The van der Waals surface area contributed by atoms with Crippen LogP contribution < -0.4 is 10.2 Å². The van der Waals surface area contributed by atoms with E-state index in [1.807, 2.05) is 18.7 Å². The van der Waals surface area contributed by atoms with Gasteiger partial charge in [-0.1, -0.05) is 6.92 Å². The predicted molar refractivity (Wildman–Crippen MR) is 77.4 cm³/mol. The normalized spacial score (nSPS) is 18.9. The lowest BCUT2D eigenvalue weighted by atomic mass is 9.93. The van der Waals surface area contributed by atoms with E-state index in [0.717, 1.165) is 44.7 Å². The summed E-state index contributed by atoms with van der Waals surface area (Å²) in [6, 6.07) is 0. The Bertz CT molecular complexity index is 429. The van der Waals surface area contributed by atoms with E-state index < -0.39 is 5.60 Å². The number of anilines is 1. The van der Waals surface area contributed by atoms with Crippen LogP contribution in [0.1, 0.15) is 37.9 Å². The summed E-state index contributed by atoms with van der Waals surface area (Å²) in [5, 5.41) is 18.0. The summed E-state index contributed by atoms with van der Waals surface area (Å²) < 4.78 is 1.97. The van der Waals surface area contributed by atoms with E-state index in [4.69, 9.17) is 0 Å². The Balaban J connectivity index is 2.19. The monoisotopic (exact) mass is 266 g/mol. The number of aryl methyl sites for hydroxylation is 2. The van der Waals surface area contributed by atoms with Gasteiger partial charge in [-0.3, -0.25) is 4.68 Å². The number of aromatic nitrogens is 2. The first-order valence-corrected chi connectivity index (χ1v) is 7.15. The molecule has 0 atom stereocenters. The molecule has 1 aliphatic rings. The average Bonchev–Trinajstić information content (AvgIpc) is 2.62. The molecule has 108 valence electrons. The number of piperidine rings is 1. The van der Waals surface area contributed by atoms with E-state index in [0.29, 0.717) is 0 Å². The Morgan fingerprint density at radius 2 is 2.00 bits per heavy atom. The summed E-state index contributed by atoms with van der Waals surface area (Å²) in [6.07, 6.45) is 1.63. The van der Waals surface area contributed by atoms with Crippen LogP contribution in [0.2, 0.25) is 0 Å². The Kier molecular flexibility index (Phi) is 4.16. The van der Waals surface area contributed by atoms with Gasteiger partial charge in [0.2, 0.25) is 0 Å². The van der Waals surface area contributed by atoms with Gasteiger partial charge < -0.3 is 15.3 Å². The molecule has 0 amide bonds. The van der Waals surface area contributed by atoms with Crippen molar-refractivity contribution in [2.24, 2.45) is 7.05 Å². The number of hydrogen-bond acceptors (Lipinski definition) is 4. The van der Waals surface area contributed by atoms with Crippen molar-refractivity contribution in [2.45, 2.75) is 45.8 Å². The van der Waals surface area contributed by atoms with Gasteiger partial charge in [0.25, 0.3) is 0 Å². The summed E-state index contributed by atoms with van der Waals surface area (Å²) >= 11 is 0. The molecule has 1 aromatic heterocycles. The maximum atomic E-state index is 10.1. The lowest BCUT2D eigenvalue weighted by molar-refractivity contribution is 0.0348. The highest BCUT2D eigenvalue weighted by atomic mass is 16.3. The van der Waals surface area contributed by atoms with Gasteiger partial charge in [-0.25, -0.2) is 0 Å². The third kappa shape index (κ3) is 3.09. The summed E-state index contributed by atoms with van der Waals surface area (Å²) in [6.45, 7) is 9.72. The van der Waals surface area contributed by atoms with Crippen LogP contribution in [0.4, 0.5) is 5.82 Å². The minimum atomic E-state index is -0.508. The topological polar surface area (TPSA) is 53.3 Å². The van der Waals surface area contributed by atoms with Crippen LogP contribution >= 0.6 is 0 Å². The quantitative estimate of drug-likeness (QED) is 0.859. The molecule has 1 aliphatic heterocycles. The molecule has 2 rings (SSSR count).